The average molecular weight is 376 g/mol. The summed E-state index contributed by atoms with van der Waals surface area (Å²) in [5.41, 5.74) is 0.886. The number of carbonyl (C=O) groups is 3. The second-order valence-corrected chi connectivity index (χ2v) is 6.62. The third-order valence-electron chi connectivity index (χ3n) is 4.64. The van der Waals surface area contributed by atoms with Gasteiger partial charge in [-0.05, 0) is 24.8 Å². The van der Waals surface area contributed by atoms with Crippen molar-refractivity contribution in [1.29, 1.82) is 0 Å². The number of hydrogen-bond acceptors (Lipinski definition) is 5. The first-order valence-corrected chi connectivity index (χ1v) is 9.42. The van der Waals surface area contributed by atoms with E-state index < -0.39 is 24.1 Å². The largest absolute Gasteiger partial charge is 0.467 e. The zero-order valence-electron chi connectivity index (χ0n) is 16.0. The van der Waals surface area contributed by atoms with Gasteiger partial charge in [0.15, 0.2) is 0 Å². The van der Waals surface area contributed by atoms with Crippen molar-refractivity contribution in [2.24, 2.45) is 0 Å². The van der Waals surface area contributed by atoms with Gasteiger partial charge in [0.1, 0.15) is 18.7 Å². The molecule has 7 heteroatoms. The minimum absolute atomic E-state index is 0.159. The Bertz CT molecular complexity index is 635. The highest BCUT2D eigenvalue weighted by molar-refractivity contribution is 5.90. The average Bonchev–Trinajstić information content (AvgIpc) is 3.19. The summed E-state index contributed by atoms with van der Waals surface area (Å²) in [6.45, 7) is 2.63. The maximum atomic E-state index is 12.7. The van der Waals surface area contributed by atoms with Crippen molar-refractivity contribution in [1.82, 2.24) is 10.2 Å². The molecule has 148 valence electrons. The predicted octanol–water partition coefficient (Wildman–Crippen LogP) is 2.64. The van der Waals surface area contributed by atoms with Gasteiger partial charge < -0.3 is 14.8 Å². The van der Waals surface area contributed by atoms with Crippen molar-refractivity contribution in [2.75, 3.05) is 13.7 Å². The Hall–Kier alpha value is -2.57. The molecule has 1 aliphatic rings. The van der Waals surface area contributed by atoms with E-state index in [-0.39, 0.29) is 12.5 Å². The van der Waals surface area contributed by atoms with Gasteiger partial charge in [0.25, 0.3) is 0 Å². The second-order valence-electron chi connectivity index (χ2n) is 6.62. The van der Waals surface area contributed by atoms with Crippen molar-refractivity contribution < 1.29 is 23.9 Å². The highest BCUT2D eigenvalue weighted by Gasteiger charge is 2.36. The Morgan fingerprint density at radius 2 is 2.00 bits per heavy atom. The fourth-order valence-electron chi connectivity index (χ4n) is 3.13. The van der Waals surface area contributed by atoms with E-state index in [9.17, 15) is 14.4 Å². The smallest absolute Gasteiger partial charge is 0.410 e. The fourth-order valence-corrected chi connectivity index (χ4v) is 3.13. The van der Waals surface area contributed by atoms with E-state index in [0.717, 1.165) is 24.8 Å². The van der Waals surface area contributed by atoms with Gasteiger partial charge in [-0.15, -0.1) is 0 Å². The molecule has 1 N–H and O–H groups in total. The molecule has 1 aliphatic heterocycles. The minimum atomic E-state index is -0.690. The van der Waals surface area contributed by atoms with Gasteiger partial charge in [0.2, 0.25) is 5.91 Å². The van der Waals surface area contributed by atoms with Crippen molar-refractivity contribution >= 4 is 18.0 Å². The van der Waals surface area contributed by atoms with Crippen LogP contribution in [0.3, 0.4) is 0 Å². The van der Waals surface area contributed by atoms with Gasteiger partial charge >= 0.3 is 12.1 Å². The third-order valence-corrected chi connectivity index (χ3v) is 4.64. The van der Waals surface area contributed by atoms with Crippen LogP contribution in [0.25, 0.3) is 0 Å². The number of likely N-dealkylation sites (tertiary alicyclic amines) is 1. The molecule has 0 aromatic heterocycles. The molecule has 1 aromatic carbocycles. The summed E-state index contributed by atoms with van der Waals surface area (Å²) in [4.78, 5) is 38.4. The summed E-state index contributed by atoms with van der Waals surface area (Å²) < 4.78 is 10.1. The van der Waals surface area contributed by atoms with Crippen LogP contribution in [0.15, 0.2) is 30.3 Å². The fraction of sp³-hybridized carbons (Fsp3) is 0.550. The summed E-state index contributed by atoms with van der Waals surface area (Å²) in [5.74, 6) is -0.802. The molecule has 2 amide bonds. The summed E-state index contributed by atoms with van der Waals surface area (Å²) in [6, 6.07) is 8.07. The molecule has 2 rings (SSSR count). The highest BCUT2D eigenvalue weighted by Crippen LogP contribution is 2.19. The normalized spacial score (nSPS) is 17.3. The highest BCUT2D eigenvalue weighted by atomic mass is 16.6. The van der Waals surface area contributed by atoms with E-state index in [1.165, 1.54) is 12.0 Å². The number of carbonyl (C=O) groups excluding carboxylic acids is 3. The van der Waals surface area contributed by atoms with E-state index >= 15 is 0 Å². The summed E-state index contributed by atoms with van der Waals surface area (Å²) in [6.07, 6.45) is 2.97. The number of methoxy groups -OCH3 is 1. The Morgan fingerprint density at radius 3 is 2.67 bits per heavy atom. The van der Waals surface area contributed by atoms with Crippen molar-refractivity contribution in [3.05, 3.63) is 35.9 Å². The molecule has 1 heterocycles. The lowest BCUT2D eigenvalue weighted by atomic mass is 10.1. The van der Waals surface area contributed by atoms with Crippen molar-refractivity contribution in [2.45, 2.75) is 57.7 Å². The van der Waals surface area contributed by atoms with Crippen molar-refractivity contribution in [3.63, 3.8) is 0 Å². The zero-order chi connectivity index (χ0) is 19.6. The standard InChI is InChI=1S/C20H28N2O5/c1-3-4-11-16(19(24)26-2)21-18(23)17-12-8-13-22(17)20(25)27-14-15-9-6-5-7-10-15/h5-7,9-10,16-17H,3-4,8,11-14H2,1-2H3,(H,21,23)/t16-,17-/m1/s1. The number of nitrogens with zero attached hydrogens (tertiary/aromatic N) is 1. The Morgan fingerprint density at radius 1 is 1.26 bits per heavy atom. The monoisotopic (exact) mass is 376 g/mol. The van der Waals surface area contributed by atoms with E-state index in [2.05, 4.69) is 5.32 Å². The van der Waals surface area contributed by atoms with Gasteiger partial charge in [0.05, 0.1) is 7.11 Å². The molecule has 2 atom stereocenters. The van der Waals surface area contributed by atoms with Crippen LogP contribution in [-0.4, -0.2) is 48.6 Å². The number of hydrogen-bond donors (Lipinski definition) is 1. The molecule has 0 saturated carbocycles. The first-order chi connectivity index (χ1) is 13.1. The number of amides is 2. The second kappa shape index (κ2) is 10.5. The Balaban J connectivity index is 1.93. The first kappa shape index (κ1) is 20.7. The molecule has 1 aromatic rings. The minimum Gasteiger partial charge on any atom is -0.467 e. The van der Waals surface area contributed by atoms with E-state index in [1.54, 1.807) is 0 Å². The first-order valence-electron chi connectivity index (χ1n) is 9.42. The molecule has 0 bridgehead atoms. The van der Waals surface area contributed by atoms with Crippen LogP contribution in [0.5, 0.6) is 0 Å². The number of ether oxygens (including phenoxy) is 2. The van der Waals surface area contributed by atoms with Crippen LogP contribution in [-0.2, 0) is 25.7 Å². The lowest BCUT2D eigenvalue weighted by Gasteiger charge is -2.25. The lowest BCUT2D eigenvalue weighted by Crippen LogP contribution is -2.51. The number of benzene rings is 1. The third kappa shape index (κ3) is 5.98. The quantitative estimate of drug-likeness (QED) is 0.705. The maximum Gasteiger partial charge on any atom is 0.410 e. The predicted molar refractivity (Wildman–Crippen MR) is 99.8 cm³/mol. The maximum absolute atomic E-state index is 12.7. The number of rotatable bonds is 8. The van der Waals surface area contributed by atoms with Gasteiger partial charge in [-0.3, -0.25) is 9.69 Å². The van der Waals surface area contributed by atoms with E-state index in [1.807, 2.05) is 37.3 Å². The number of esters is 1. The van der Waals surface area contributed by atoms with Gasteiger partial charge in [-0.1, -0.05) is 50.1 Å². The van der Waals surface area contributed by atoms with Crippen LogP contribution in [0.1, 0.15) is 44.6 Å². The molecule has 7 nitrogen and oxygen atoms in total. The summed E-state index contributed by atoms with van der Waals surface area (Å²) in [7, 11) is 1.30. The molecular weight excluding hydrogens is 348 g/mol. The van der Waals surface area contributed by atoms with Crippen LogP contribution in [0, 0.1) is 0 Å². The van der Waals surface area contributed by atoms with Crippen LogP contribution in [0.4, 0.5) is 4.79 Å². The topological polar surface area (TPSA) is 84.9 Å². The van der Waals surface area contributed by atoms with E-state index in [0.29, 0.717) is 19.4 Å². The molecule has 1 saturated heterocycles. The molecular formula is C20H28N2O5. The summed E-state index contributed by atoms with van der Waals surface area (Å²) in [5, 5.41) is 2.74. The molecule has 0 aliphatic carbocycles. The van der Waals surface area contributed by atoms with Crippen molar-refractivity contribution in [3.8, 4) is 0 Å². The molecule has 27 heavy (non-hydrogen) atoms. The van der Waals surface area contributed by atoms with Crippen LogP contribution < -0.4 is 5.32 Å². The molecule has 1 fully saturated rings. The van der Waals surface area contributed by atoms with Gasteiger partial charge in [-0.25, -0.2) is 9.59 Å². The van der Waals surface area contributed by atoms with Gasteiger partial charge in [0, 0.05) is 6.54 Å². The molecule has 0 spiro atoms. The number of unbranched alkanes of at least 4 members (excludes halogenated alkanes) is 1. The van der Waals surface area contributed by atoms with Gasteiger partial charge in [-0.2, -0.15) is 0 Å². The summed E-state index contributed by atoms with van der Waals surface area (Å²) >= 11 is 0. The van der Waals surface area contributed by atoms with E-state index in [4.69, 9.17) is 9.47 Å². The lowest BCUT2D eigenvalue weighted by molar-refractivity contribution is -0.145. The molecule has 0 radical (unpaired) electrons. The molecule has 0 unspecified atom stereocenters. The zero-order valence-corrected chi connectivity index (χ0v) is 16.0. The SMILES string of the molecule is CCCC[C@@H](NC(=O)[C@H]1CCCN1C(=O)OCc1ccccc1)C(=O)OC. The van der Waals surface area contributed by atoms with Crippen LogP contribution in [0.2, 0.25) is 0 Å². The van der Waals surface area contributed by atoms with Crippen LogP contribution >= 0.6 is 0 Å². The number of nitrogens with one attached hydrogen (secondary N) is 1. The Labute approximate surface area is 160 Å². The Kier molecular flexibility index (Phi) is 8.10.